The van der Waals surface area contributed by atoms with Crippen LogP contribution in [0.2, 0.25) is 0 Å². The second-order valence-electron chi connectivity index (χ2n) is 29.1. The third-order valence-electron chi connectivity index (χ3n) is 18.7. The molecule has 0 rings (SSSR count). The first-order chi connectivity index (χ1) is 45.0. The lowest BCUT2D eigenvalue weighted by Crippen LogP contribution is -2.45. The number of aliphatic hydroxyl groups excluding tert-OH is 1. The van der Waals surface area contributed by atoms with Gasteiger partial charge in [-0.2, -0.15) is 0 Å². The van der Waals surface area contributed by atoms with Crippen LogP contribution >= 0.6 is 7.82 Å². The monoisotopic (exact) mass is 1310 g/mol. The summed E-state index contributed by atoms with van der Waals surface area (Å²) in [6.07, 6.45) is 103. The van der Waals surface area contributed by atoms with Crippen LogP contribution in [0.3, 0.4) is 0 Å². The zero-order valence-corrected chi connectivity index (χ0v) is 63.2. The van der Waals surface area contributed by atoms with Gasteiger partial charge in [-0.15, -0.1) is 0 Å². The van der Waals surface area contributed by atoms with Gasteiger partial charge in [0.15, 0.2) is 0 Å². The van der Waals surface area contributed by atoms with Gasteiger partial charge in [0.2, 0.25) is 5.91 Å². The molecule has 0 aromatic carbocycles. The Labute approximate surface area is 574 Å². The number of unbranched alkanes of at least 4 members (excludes halogenated alkanes) is 55. The maximum Gasteiger partial charge on any atom is 0.472 e. The van der Waals surface area contributed by atoms with E-state index in [1.807, 2.05) is 27.2 Å². The number of nitrogens with one attached hydrogen (secondary N) is 1. The second kappa shape index (κ2) is 73.4. The highest BCUT2D eigenvalue weighted by molar-refractivity contribution is 7.47. The lowest BCUT2D eigenvalue weighted by Gasteiger charge is -2.25. The fourth-order valence-corrected chi connectivity index (χ4v) is 13.2. The zero-order chi connectivity index (χ0) is 66.9. The Kier molecular flexibility index (Phi) is 72.0. The molecule has 3 atom stereocenters. The van der Waals surface area contributed by atoms with E-state index in [2.05, 4.69) is 67.8 Å². The second-order valence-corrected chi connectivity index (χ2v) is 30.6. The highest BCUT2D eigenvalue weighted by atomic mass is 31.2. The highest BCUT2D eigenvalue weighted by Gasteiger charge is 2.28. The Morgan fingerprint density at radius 1 is 0.370 bits per heavy atom. The smallest absolute Gasteiger partial charge is 0.387 e. The molecule has 0 heterocycles. The van der Waals surface area contributed by atoms with Crippen LogP contribution in [0.1, 0.15) is 412 Å². The normalized spacial score (nSPS) is 13.8. The summed E-state index contributed by atoms with van der Waals surface area (Å²) in [6, 6.07) is -0.866. The number of amides is 1. The fourth-order valence-electron chi connectivity index (χ4n) is 12.4. The lowest BCUT2D eigenvalue weighted by molar-refractivity contribution is -0.870. The molecule has 8 nitrogen and oxygen atoms in total. The number of hydrogen-bond acceptors (Lipinski definition) is 5. The van der Waals surface area contributed by atoms with Crippen molar-refractivity contribution in [1.29, 1.82) is 0 Å². The summed E-state index contributed by atoms with van der Waals surface area (Å²) in [5.74, 6) is -0.179. The van der Waals surface area contributed by atoms with Crippen LogP contribution < -0.4 is 5.32 Å². The summed E-state index contributed by atoms with van der Waals surface area (Å²) in [7, 11) is 1.57. The summed E-state index contributed by atoms with van der Waals surface area (Å²) in [4.78, 5) is 23.5. The number of carbonyl (C=O) groups is 1. The van der Waals surface area contributed by atoms with E-state index in [1.54, 1.807) is 6.08 Å². The van der Waals surface area contributed by atoms with Gasteiger partial charge in [0.1, 0.15) is 13.2 Å². The number of quaternary nitrogens is 1. The molecule has 0 aromatic rings. The average molecular weight is 1310 g/mol. The van der Waals surface area contributed by atoms with E-state index < -0.39 is 20.0 Å². The number of phosphoric ester groups is 1. The maximum atomic E-state index is 13.1. The first kappa shape index (κ1) is 90.2. The number of nitrogens with zero attached hydrogens (tertiary/aromatic N) is 1. The molecule has 542 valence electrons. The minimum absolute atomic E-state index is 0.0572. The largest absolute Gasteiger partial charge is 0.472 e. The van der Waals surface area contributed by atoms with E-state index in [4.69, 9.17) is 9.05 Å². The van der Waals surface area contributed by atoms with Crippen molar-refractivity contribution in [3.63, 3.8) is 0 Å². The van der Waals surface area contributed by atoms with Crippen LogP contribution in [0.15, 0.2) is 60.8 Å². The molecule has 0 radical (unpaired) electrons. The molecule has 3 unspecified atom stereocenters. The number of carbonyl (C=O) groups excluding carboxylic acids is 1. The van der Waals surface area contributed by atoms with Gasteiger partial charge in [-0.05, 0) is 70.6 Å². The topological polar surface area (TPSA) is 105 Å². The third kappa shape index (κ3) is 75.6. The Morgan fingerprint density at radius 3 is 0.946 bits per heavy atom. The summed E-state index contributed by atoms with van der Waals surface area (Å²) >= 11 is 0. The van der Waals surface area contributed by atoms with Gasteiger partial charge >= 0.3 is 7.82 Å². The zero-order valence-electron chi connectivity index (χ0n) is 62.3. The van der Waals surface area contributed by atoms with Crippen molar-refractivity contribution in [2.45, 2.75) is 424 Å². The van der Waals surface area contributed by atoms with E-state index in [9.17, 15) is 19.4 Å². The molecule has 3 N–H and O–H groups in total. The third-order valence-corrected chi connectivity index (χ3v) is 19.7. The number of aliphatic hydroxyl groups is 1. The molecule has 0 aromatic heterocycles. The van der Waals surface area contributed by atoms with Crippen molar-refractivity contribution in [3.05, 3.63) is 60.8 Å². The van der Waals surface area contributed by atoms with E-state index in [-0.39, 0.29) is 19.1 Å². The Bertz CT molecular complexity index is 1690. The Morgan fingerprint density at radius 2 is 0.630 bits per heavy atom. The van der Waals surface area contributed by atoms with Crippen LogP contribution in [-0.2, 0) is 18.4 Å². The quantitative estimate of drug-likeness (QED) is 0.0243. The predicted octanol–water partition coefficient (Wildman–Crippen LogP) is 26.7. The molecule has 0 saturated heterocycles. The molecular formula is C83H160N2O6P+. The van der Waals surface area contributed by atoms with Crippen LogP contribution in [0, 0.1) is 0 Å². The van der Waals surface area contributed by atoms with Gasteiger partial charge in [-0.3, -0.25) is 13.8 Å². The molecule has 0 aliphatic heterocycles. The predicted molar refractivity (Wildman–Crippen MR) is 406 cm³/mol. The fraction of sp³-hybridized carbons (Fsp3) is 0.867. The van der Waals surface area contributed by atoms with Gasteiger partial charge in [0.05, 0.1) is 39.9 Å². The molecule has 9 heteroatoms. The van der Waals surface area contributed by atoms with E-state index in [0.29, 0.717) is 17.4 Å². The van der Waals surface area contributed by atoms with Gasteiger partial charge in [0.25, 0.3) is 0 Å². The van der Waals surface area contributed by atoms with Crippen LogP contribution in [0.25, 0.3) is 0 Å². The molecule has 1 amide bonds. The Balaban J connectivity index is 3.96. The molecule has 0 saturated carbocycles. The summed E-state index contributed by atoms with van der Waals surface area (Å²) in [5.41, 5.74) is 0. The number of likely N-dealkylation sites (N-methyl/N-ethyl adjacent to an activating group) is 1. The lowest BCUT2D eigenvalue weighted by atomic mass is 10.0. The SMILES string of the molecule is CCCCCCC/C=C\C/C=C\C/C=C\CCCCCCCCCCCCCCCCCCCCCCCCCCC(=O)NC(COP(=O)(O)OCC[N+](C)(C)C)C(O)/C=C/CC/C=C/CCCCCCCCCCCCCCCCCCCCCCCCCCC. The van der Waals surface area contributed by atoms with Crippen molar-refractivity contribution in [2.75, 3.05) is 40.9 Å². The molecule has 0 aliphatic rings. The van der Waals surface area contributed by atoms with E-state index >= 15 is 0 Å². The van der Waals surface area contributed by atoms with Crippen molar-refractivity contribution in [2.24, 2.45) is 0 Å². The average Bonchev–Trinajstić information content (AvgIpc) is 2.63. The van der Waals surface area contributed by atoms with Gasteiger partial charge in [-0.1, -0.05) is 396 Å². The summed E-state index contributed by atoms with van der Waals surface area (Å²) < 4.78 is 23.9. The van der Waals surface area contributed by atoms with Crippen LogP contribution in [0.4, 0.5) is 0 Å². The molecule has 0 aliphatic carbocycles. The highest BCUT2D eigenvalue weighted by Crippen LogP contribution is 2.43. The number of phosphoric acid groups is 1. The van der Waals surface area contributed by atoms with Crippen molar-refractivity contribution >= 4 is 13.7 Å². The van der Waals surface area contributed by atoms with E-state index in [1.165, 1.54) is 340 Å². The van der Waals surface area contributed by atoms with Crippen LogP contribution in [0.5, 0.6) is 0 Å². The molecular weight excluding hydrogens is 1150 g/mol. The molecule has 0 fully saturated rings. The van der Waals surface area contributed by atoms with Crippen LogP contribution in [-0.4, -0.2) is 73.4 Å². The summed E-state index contributed by atoms with van der Waals surface area (Å²) in [5, 5.41) is 14.0. The van der Waals surface area contributed by atoms with Crippen molar-refractivity contribution < 1.29 is 32.9 Å². The first-order valence-corrected chi connectivity index (χ1v) is 42.2. The Hall–Kier alpha value is -1.80. The van der Waals surface area contributed by atoms with Gasteiger partial charge in [0, 0.05) is 6.42 Å². The van der Waals surface area contributed by atoms with Gasteiger partial charge in [-0.25, -0.2) is 4.57 Å². The molecule has 92 heavy (non-hydrogen) atoms. The standard InChI is InChI=1S/C83H159N2O6P/c1-6-8-10-12-14-16-18-20-22-24-26-28-30-32-34-36-38-39-40-41-42-43-44-45-47-49-51-53-55-57-59-61-63-65-67-69-71-73-75-77-83(87)84-81(80-91-92(88,89)90-79-78-85(3,4)5)82(86)76-74-72-70-68-66-64-62-60-58-56-54-52-50-48-46-37-35-33-31-29-27-25-23-21-19-17-15-13-11-9-7-2/h18,20,24,26,30,32,66,68,74,76,81-82,86H,6-17,19,21-23,25,27-29,31,33-65,67,69-73,75,77-80H2,1-5H3,(H-,84,87,88,89)/p+1/b20-18-,26-24-,32-30-,68-66+,76-74+. The summed E-state index contributed by atoms with van der Waals surface area (Å²) in [6.45, 7) is 4.84. The van der Waals surface area contributed by atoms with Gasteiger partial charge < -0.3 is 19.8 Å². The van der Waals surface area contributed by atoms with Crippen molar-refractivity contribution in [3.8, 4) is 0 Å². The first-order valence-electron chi connectivity index (χ1n) is 40.7. The number of rotatable bonds is 76. The number of hydrogen-bond donors (Lipinski definition) is 3. The maximum absolute atomic E-state index is 13.1. The number of allylic oxidation sites excluding steroid dienone is 9. The van der Waals surface area contributed by atoms with Crippen molar-refractivity contribution in [1.82, 2.24) is 5.32 Å². The van der Waals surface area contributed by atoms with E-state index in [0.717, 1.165) is 51.4 Å². The minimum atomic E-state index is -4.37. The molecule has 0 bridgehead atoms. The minimum Gasteiger partial charge on any atom is -0.387 e. The molecule has 0 spiro atoms.